The van der Waals surface area contributed by atoms with Gasteiger partial charge < -0.3 is 10.1 Å². The molecule has 1 amide bonds. The number of rotatable bonds is 4. The highest BCUT2D eigenvalue weighted by molar-refractivity contribution is 6.03. The largest absolute Gasteiger partial charge is 0.380 e. The molecule has 0 fully saturated rings. The van der Waals surface area contributed by atoms with Crippen LogP contribution in [0.3, 0.4) is 0 Å². The topological polar surface area (TPSA) is 56.1 Å². The van der Waals surface area contributed by atoms with E-state index in [1.54, 1.807) is 37.2 Å². The van der Waals surface area contributed by atoms with Crippen molar-refractivity contribution >= 4 is 11.7 Å². The van der Waals surface area contributed by atoms with E-state index in [2.05, 4.69) is 10.4 Å². The quantitative estimate of drug-likeness (QED) is 0.893. The Morgan fingerprint density at radius 1 is 1.44 bits per heavy atom. The van der Waals surface area contributed by atoms with Gasteiger partial charge in [-0.1, -0.05) is 12.1 Å². The van der Waals surface area contributed by atoms with Crippen LogP contribution >= 0.6 is 0 Å². The minimum Gasteiger partial charge on any atom is -0.380 e. The van der Waals surface area contributed by atoms with E-state index in [9.17, 15) is 4.79 Å². The van der Waals surface area contributed by atoms with Crippen molar-refractivity contribution in [3.63, 3.8) is 0 Å². The minimum absolute atomic E-state index is 0.174. The normalized spacial score (nSPS) is 10.3. The average molecular weight is 245 g/mol. The van der Waals surface area contributed by atoms with Gasteiger partial charge in [-0.15, -0.1) is 0 Å². The molecule has 5 heteroatoms. The number of aromatic nitrogens is 2. The molecule has 5 nitrogen and oxygen atoms in total. The van der Waals surface area contributed by atoms with Crippen LogP contribution < -0.4 is 5.32 Å². The van der Waals surface area contributed by atoms with Crippen LogP contribution in [0, 0.1) is 0 Å². The number of nitrogens with zero attached hydrogens (tertiary/aromatic N) is 2. The molecule has 1 aromatic heterocycles. The van der Waals surface area contributed by atoms with Crippen molar-refractivity contribution in [1.29, 1.82) is 0 Å². The second-order valence-electron chi connectivity index (χ2n) is 3.96. The number of anilines is 1. The lowest BCUT2D eigenvalue weighted by Gasteiger charge is -2.04. The molecule has 94 valence electrons. The van der Waals surface area contributed by atoms with Crippen molar-refractivity contribution in [3.05, 3.63) is 47.7 Å². The van der Waals surface area contributed by atoms with Crippen molar-refractivity contribution in [3.8, 4) is 0 Å². The summed E-state index contributed by atoms with van der Waals surface area (Å²) in [6.07, 6.45) is 1.77. The van der Waals surface area contributed by atoms with Gasteiger partial charge in [0.25, 0.3) is 5.91 Å². The summed E-state index contributed by atoms with van der Waals surface area (Å²) in [5, 5.41) is 6.83. The van der Waals surface area contributed by atoms with E-state index in [4.69, 9.17) is 4.74 Å². The van der Waals surface area contributed by atoms with Gasteiger partial charge in [-0.05, 0) is 17.7 Å². The van der Waals surface area contributed by atoms with Crippen LogP contribution in [0.1, 0.15) is 15.9 Å². The first-order chi connectivity index (χ1) is 8.69. The molecular formula is C13H15N3O2. The number of amides is 1. The number of aryl methyl sites for hydroxylation is 1. The molecule has 0 saturated carbocycles. The Morgan fingerprint density at radius 2 is 2.28 bits per heavy atom. The van der Waals surface area contributed by atoms with Crippen LogP contribution in [0.5, 0.6) is 0 Å². The Morgan fingerprint density at radius 3 is 2.94 bits per heavy atom. The predicted octanol–water partition coefficient (Wildman–Crippen LogP) is 1.82. The van der Waals surface area contributed by atoms with E-state index in [-0.39, 0.29) is 5.91 Å². The fourth-order valence-electron chi connectivity index (χ4n) is 1.64. The maximum absolute atomic E-state index is 12.0. The number of hydrogen-bond donors (Lipinski definition) is 1. The molecule has 1 N–H and O–H groups in total. The van der Waals surface area contributed by atoms with Crippen LogP contribution in [0.25, 0.3) is 0 Å². The summed E-state index contributed by atoms with van der Waals surface area (Å²) in [5.74, 6) is 0.367. The third kappa shape index (κ3) is 2.95. The predicted molar refractivity (Wildman–Crippen MR) is 68.3 cm³/mol. The Balaban J connectivity index is 2.11. The first kappa shape index (κ1) is 12.3. The zero-order valence-corrected chi connectivity index (χ0v) is 10.4. The summed E-state index contributed by atoms with van der Waals surface area (Å²) >= 11 is 0. The molecule has 0 aliphatic rings. The molecule has 0 saturated heterocycles. The Bertz CT molecular complexity index is 549. The second kappa shape index (κ2) is 5.46. The fraction of sp³-hybridized carbons (Fsp3) is 0.231. The van der Waals surface area contributed by atoms with Gasteiger partial charge in [-0.2, -0.15) is 5.10 Å². The smallest absolute Gasteiger partial charge is 0.256 e. The van der Waals surface area contributed by atoms with Crippen molar-refractivity contribution < 1.29 is 9.53 Å². The molecule has 0 bridgehead atoms. The summed E-state index contributed by atoms with van der Waals surface area (Å²) in [4.78, 5) is 12.0. The molecule has 0 radical (unpaired) electrons. The molecule has 0 atom stereocenters. The van der Waals surface area contributed by atoms with Crippen LogP contribution in [0.2, 0.25) is 0 Å². The van der Waals surface area contributed by atoms with Crippen LogP contribution in [-0.4, -0.2) is 22.8 Å². The van der Waals surface area contributed by atoms with Gasteiger partial charge in [0.1, 0.15) is 0 Å². The van der Waals surface area contributed by atoms with E-state index in [1.165, 1.54) is 0 Å². The highest BCUT2D eigenvalue weighted by Gasteiger charge is 2.08. The first-order valence-electron chi connectivity index (χ1n) is 5.58. The Kier molecular flexibility index (Phi) is 3.74. The summed E-state index contributed by atoms with van der Waals surface area (Å²) in [6.45, 7) is 0.491. The lowest BCUT2D eigenvalue weighted by atomic mass is 10.1. The van der Waals surface area contributed by atoms with Crippen LogP contribution in [-0.2, 0) is 18.4 Å². The molecule has 1 aromatic carbocycles. The number of hydrogen-bond acceptors (Lipinski definition) is 3. The maximum atomic E-state index is 12.0. The highest BCUT2D eigenvalue weighted by Crippen LogP contribution is 2.09. The van der Waals surface area contributed by atoms with Crippen molar-refractivity contribution in [2.24, 2.45) is 7.05 Å². The summed E-state index contributed by atoms with van der Waals surface area (Å²) in [6, 6.07) is 9.07. The highest BCUT2D eigenvalue weighted by atomic mass is 16.5. The second-order valence-corrected chi connectivity index (χ2v) is 3.96. The number of methoxy groups -OCH3 is 1. The number of ether oxygens (including phenoxy) is 1. The monoisotopic (exact) mass is 245 g/mol. The molecule has 0 unspecified atom stereocenters. The summed E-state index contributed by atoms with van der Waals surface area (Å²) in [7, 11) is 3.43. The number of benzene rings is 1. The Hall–Kier alpha value is -2.14. The van der Waals surface area contributed by atoms with E-state index >= 15 is 0 Å². The Labute approximate surface area is 105 Å². The van der Waals surface area contributed by atoms with Gasteiger partial charge in [0.05, 0.1) is 6.61 Å². The lowest BCUT2D eigenvalue weighted by molar-refractivity contribution is 0.102. The molecule has 0 aliphatic carbocycles. The molecule has 0 aliphatic heterocycles. The third-order valence-corrected chi connectivity index (χ3v) is 2.46. The zero-order valence-electron chi connectivity index (χ0n) is 10.4. The van der Waals surface area contributed by atoms with E-state index in [1.807, 2.05) is 18.2 Å². The van der Waals surface area contributed by atoms with E-state index in [0.717, 1.165) is 5.56 Å². The SMILES string of the molecule is COCc1cccc(C(=O)Nc2ccn(C)n2)c1. The van der Waals surface area contributed by atoms with Crippen molar-refractivity contribution in [2.45, 2.75) is 6.61 Å². The molecule has 0 spiro atoms. The van der Waals surface area contributed by atoms with Crippen LogP contribution in [0.15, 0.2) is 36.5 Å². The van der Waals surface area contributed by atoms with E-state index < -0.39 is 0 Å². The van der Waals surface area contributed by atoms with Gasteiger partial charge in [-0.25, -0.2) is 0 Å². The number of carbonyl (C=O) groups excluding carboxylic acids is 1. The first-order valence-corrected chi connectivity index (χ1v) is 5.58. The zero-order chi connectivity index (χ0) is 13.0. The van der Waals surface area contributed by atoms with E-state index in [0.29, 0.717) is 18.0 Å². The van der Waals surface area contributed by atoms with Crippen molar-refractivity contribution in [1.82, 2.24) is 9.78 Å². The molecule has 2 rings (SSSR count). The van der Waals surface area contributed by atoms with Crippen LogP contribution in [0.4, 0.5) is 5.82 Å². The summed E-state index contributed by atoms with van der Waals surface area (Å²) in [5.41, 5.74) is 1.56. The van der Waals surface area contributed by atoms with Gasteiger partial charge >= 0.3 is 0 Å². The van der Waals surface area contributed by atoms with Gasteiger partial charge in [0.15, 0.2) is 5.82 Å². The third-order valence-electron chi connectivity index (χ3n) is 2.46. The molecule has 18 heavy (non-hydrogen) atoms. The van der Waals surface area contributed by atoms with Gasteiger partial charge in [-0.3, -0.25) is 9.48 Å². The van der Waals surface area contributed by atoms with Gasteiger partial charge in [0, 0.05) is 32.0 Å². The maximum Gasteiger partial charge on any atom is 0.256 e. The fourth-order valence-corrected chi connectivity index (χ4v) is 1.64. The molecule has 2 aromatic rings. The molecule has 1 heterocycles. The molecular weight excluding hydrogens is 230 g/mol. The number of carbonyl (C=O) groups is 1. The van der Waals surface area contributed by atoms with Gasteiger partial charge in [0.2, 0.25) is 0 Å². The number of nitrogens with one attached hydrogen (secondary N) is 1. The standard InChI is InChI=1S/C13H15N3O2/c1-16-7-6-12(15-16)14-13(17)11-5-3-4-10(8-11)9-18-2/h3-8H,9H2,1-2H3,(H,14,15,17). The summed E-state index contributed by atoms with van der Waals surface area (Å²) < 4.78 is 6.67. The minimum atomic E-state index is -0.174. The average Bonchev–Trinajstić information content (AvgIpc) is 2.75. The van der Waals surface area contributed by atoms with Crippen molar-refractivity contribution in [2.75, 3.05) is 12.4 Å². The lowest BCUT2D eigenvalue weighted by Crippen LogP contribution is -2.12.